The van der Waals surface area contributed by atoms with E-state index in [2.05, 4.69) is 4.98 Å². The first-order valence-electron chi connectivity index (χ1n) is 8.16. The van der Waals surface area contributed by atoms with Gasteiger partial charge in [-0.1, -0.05) is 34.8 Å². The highest BCUT2D eigenvalue weighted by molar-refractivity contribution is 6.37. The Hall–Kier alpha value is -1.72. The van der Waals surface area contributed by atoms with Crippen LogP contribution in [0.15, 0.2) is 30.3 Å². The Morgan fingerprint density at radius 2 is 1.81 bits per heavy atom. The van der Waals surface area contributed by atoms with Gasteiger partial charge in [-0.2, -0.15) is 0 Å². The molecule has 0 unspecified atom stereocenters. The fourth-order valence-electron chi connectivity index (χ4n) is 3.13. The van der Waals surface area contributed by atoms with Gasteiger partial charge in [-0.3, -0.25) is 0 Å². The molecule has 0 fully saturated rings. The van der Waals surface area contributed by atoms with E-state index in [9.17, 15) is 9.90 Å². The molecule has 1 heterocycles. The van der Waals surface area contributed by atoms with E-state index < -0.39 is 5.97 Å². The minimum absolute atomic E-state index is 0.202. The lowest BCUT2D eigenvalue weighted by atomic mass is 9.97. The van der Waals surface area contributed by atoms with Crippen molar-refractivity contribution in [1.82, 2.24) is 4.98 Å². The first-order valence-corrected chi connectivity index (χ1v) is 9.29. The average molecular weight is 412 g/mol. The van der Waals surface area contributed by atoms with Gasteiger partial charge in [-0.05, 0) is 61.7 Å². The number of rotatable bonds is 6. The quantitative estimate of drug-likeness (QED) is 0.450. The summed E-state index contributed by atoms with van der Waals surface area (Å²) in [5.41, 5.74) is 8.71. The van der Waals surface area contributed by atoms with Crippen LogP contribution in [-0.4, -0.2) is 22.6 Å². The van der Waals surface area contributed by atoms with Gasteiger partial charge in [0.05, 0.1) is 21.8 Å². The molecule has 0 saturated heterocycles. The monoisotopic (exact) mass is 410 g/mol. The van der Waals surface area contributed by atoms with Crippen molar-refractivity contribution in [3.8, 4) is 11.3 Å². The molecule has 0 aliphatic carbocycles. The number of aromatic carboxylic acids is 1. The lowest BCUT2D eigenvalue weighted by Gasteiger charge is -2.08. The Balaban J connectivity index is 2.32. The summed E-state index contributed by atoms with van der Waals surface area (Å²) in [5, 5.41) is 11.7. The molecular formula is C19H17Cl3N2O2. The molecule has 0 saturated carbocycles. The lowest BCUT2D eigenvalue weighted by Crippen LogP contribution is -2.01. The molecule has 0 bridgehead atoms. The summed E-state index contributed by atoms with van der Waals surface area (Å²) in [7, 11) is 0. The van der Waals surface area contributed by atoms with Gasteiger partial charge >= 0.3 is 5.97 Å². The third-order valence-electron chi connectivity index (χ3n) is 4.32. The highest BCUT2D eigenvalue weighted by atomic mass is 35.5. The minimum Gasteiger partial charge on any atom is -0.478 e. The number of aryl methyl sites for hydroxylation is 1. The van der Waals surface area contributed by atoms with Crippen LogP contribution in [0.25, 0.3) is 22.2 Å². The second kappa shape index (κ2) is 7.89. The number of aromatic nitrogens is 1. The maximum Gasteiger partial charge on any atom is 0.336 e. The van der Waals surface area contributed by atoms with Crippen molar-refractivity contribution >= 4 is 51.7 Å². The molecule has 0 spiro atoms. The van der Waals surface area contributed by atoms with Crippen LogP contribution < -0.4 is 5.73 Å². The van der Waals surface area contributed by atoms with Crippen LogP contribution in [0.5, 0.6) is 0 Å². The van der Waals surface area contributed by atoms with Crippen LogP contribution in [0.3, 0.4) is 0 Å². The van der Waals surface area contributed by atoms with Crippen molar-refractivity contribution in [2.24, 2.45) is 5.73 Å². The number of aromatic amines is 1. The Bertz CT molecular complexity index is 983. The second-order valence-electron chi connectivity index (χ2n) is 6.00. The number of benzene rings is 2. The number of unbranched alkanes of at least 4 members (excludes halogenated alkanes) is 1. The number of carboxylic acids is 1. The van der Waals surface area contributed by atoms with Gasteiger partial charge in [0.2, 0.25) is 0 Å². The van der Waals surface area contributed by atoms with Crippen LogP contribution in [0.4, 0.5) is 0 Å². The standard InChI is InChI=1S/C19H17Cl3N2O2/c20-10-4-6-14(21)13(9-10)17-11(3-1-2-8-23)16-12(19(25)26)5-7-15(22)18(16)24-17/h4-7,9,24H,1-3,8,23H2,(H,25,26). The molecule has 3 rings (SSSR count). The average Bonchev–Trinajstić information content (AvgIpc) is 2.98. The molecule has 4 nitrogen and oxygen atoms in total. The van der Waals surface area contributed by atoms with Gasteiger partial charge in [-0.25, -0.2) is 4.79 Å². The molecule has 136 valence electrons. The minimum atomic E-state index is -1.01. The van der Waals surface area contributed by atoms with Crippen LogP contribution in [0.2, 0.25) is 15.1 Å². The second-order valence-corrected chi connectivity index (χ2v) is 7.25. The topological polar surface area (TPSA) is 79.1 Å². The van der Waals surface area contributed by atoms with Crippen molar-refractivity contribution in [3.05, 3.63) is 56.5 Å². The summed E-state index contributed by atoms with van der Waals surface area (Å²) in [4.78, 5) is 15.0. The van der Waals surface area contributed by atoms with E-state index in [1.807, 2.05) is 0 Å². The summed E-state index contributed by atoms with van der Waals surface area (Å²) in [6.45, 7) is 0.572. The van der Waals surface area contributed by atoms with Gasteiger partial charge in [0.1, 0.15) is 0 Å². The van der Waals surface area contributed by atoms with E-state index in [-0.39, 0.29) is 5.56 Å². The highest BCUT2D eigenvalue weighted by Gasteiger charge is 2.22. The van der Waals surface area contributed by atoms with Crippen molar-refractivity contribution in [2.75, 3.05) is 6.54 Å². The van der Waals surface area contributed by atoms with E-state index in [0.29, 0.717) is 44.5 Å². The number of carboxylic acid groups (broad SMARTS) is 1. The van der Waals surface area contributed by atoms with E-state index >= 15 is 0 Å². The van der Waals surface area contributed by atoms with Gasteiger partial charge in [0.25, 0.3) is 0 Å². The van der Waals surface area contributed by atoms with E-state index in [1.54, 1.807) is 24.3 Å². The maximum absolute atomic E-state index is 11.8. The van der Waals surface area contributed by atoms with Crippen LogP contribution in [0.1, 0.15) is 28.8 Å². The number of fused-ring (bicyclic) bond motifs is 1. The smallest absolute Gasteiger partial charge is 0.336 e. The molecule has 26 heavy (non-hydrogen) atoms. The van der Waals surface area contributed by atoms with Crippen LogP contribution in [-0.2, 0) is 6.42 Å². The first kappa shape index (κ1) is 19.1. The van der Waals surface area contributed by atoms with E-state index in [4.69, 9.17) is 40.5 Å². The number of H-pyrrole nitrogens is 1. The molecule has 3 aromatic rings. The highest BCUT2D eigenvalue weighted by Crippen LogP contribution is 2.40. The normalized spacial score (nSPS) is 11.2. The Kier molecular flexibility index (Phi) is 5.78. The largest absolute Gasteiger partial charge is 0.478 e. The van der Waals surface area contributed by atoms with Gasteiger partial charge in [0, 0.05) is 21.0 Å². The van der Waals surface area contributed by atoms with E-state index in [0.717, 1.165) is 24.1 Å². The zero-order valence-corrected chi connectivity index (χ0v) is 16.0. The predicted octanol–water partition coefficient (Wildman–Crippen LogP) is 5.77. The molecular weight excluding hydrogens is 395 g/mol. The van der Waals surface area contributed by atoms with Crippen molar-refractivity contribution < 1.29 is 9.90 Å². The number of nitrogens with one attached hydrogen (secondary N) is 1. The third kappa shape index (κ3) is 3.55. The van der Waals surface area contributed by atoms with Gasteiger partial charge in [0.15, 0.2) is 0 Å². The molecule has 0 aliphatic rings. The molecule has 0 atom stereocenters. The summed E-state index contributed by atoms with van der Waals surface area (Å²) in [6.07, 6.45) is 2.30. The number of halogens is 3. The van der Waals surface area contributed by atoms with Crippen molar-refractivity contribution in [3.63, 3.8) is 0 Å². The first-order chi connectivity index (χ1) is 12.4. The summed E-state index contributed by atoms with van der Waals surface area (Å²) < 4.78 is 0. The number of hydrogen-bond acceptors (Lipinski definition) is 2. The summed E-state index contributed by atoms with van der Waals surface area (Å²) in [5.74, 6) is -1.01. The molecule has 0 aliphatic heterocycles. The fourth-order valence-corrected chi connectivity index (χ4v) is 3.72. The fraction of sp³-hybridized carbons (Fsp3) is 0.211. The third-order valence-corrected chi connectivity index (χ3v) is 5.20. The number of hydrogen-bond donors (Lipinski definition) is 3. The number of carbonyl (C=O) groups is 1. The zero-order valence-electron chi connectivity index (χ0n) is 13.8. The van der Waals surface area contributed by atoms with Gasteiger partial charge in [-0.15, -0.1) is 0 Å². The lowest BCUT2D eigenvalue weighted by molar-refractivity contribution is 0.0699. The zero-order chi connectivity index (χ0) is 18.8. The summed E-state index contributed by atoms with van der Waals surface area (Å²) in [6, 6.07) is 8.29. The predicted molar refractivity (Wildman–Crippen MR) is 108 cm³/mol. The SMILES string of the molecule is NCCCCc1c(-c2cc(Cl)ccc2Cl)[nH]c2c(Cl)ccc(C(=O)O)c12. The Labute approximate surface area is 165 Å². The molecule has 4 N–H and O–H groups in total. The summed E-state index contributed by atoms with van der Waals surface area (Å²) >= 11 is 18.9. The molecule has 1 aromatic heterocycles. The molecule has 7 heteroatoms. The van der Waals surface area contributed by atoms with Crippen molar-refractivity contribution in [2.45, 2.75) is 19.3 Å². The van der Waals surface area contributed by atoms with Crippen LogP contribution >= 0.6 is 34.8 Å². The van der Waals surface area contributed by atoms with Crippen LogP contribution in [0, 0.1) is 0 Å². The van der Waals surface area contributed by atoms with E-state index in [1.165, 1.54) is 6.07 Å². The molecule has 0 radical (unpaired) electrons. The number of nitrogens with two attached hydrogens (primary N) is 1. The maximum atomic E-state index is 11.8. The van der Waals surface area contributed by atoms with Crippen molar-refractivity contribution in [1.29, 1.82) is 0 Å². The van der Waals surface area contributed by atoms with Gasteiger partial charge < -0.3 is 15.8 Å². The Morgan fingerprint density at radius 3 is 2.50 bits per heavy atom. The Morgan fingerprint density at radius 1 is 1.08 bits per heavy atom. The molecule has 0 amide bonds. The molecule has 2 aromatic carbocycles.